The molecule has 0 aromatic rings. The van der Waals surface area contributed by atoms with Gasteiger partial charge in [-0.2, -0.15) is 0 Å². The van der Waals surface area contributed by atoms with Gasteiger partial charge in [0, 0.05) is 24.0 Å². The van der Waals surface area contributed by atoms with Crippen LogP contribution in [-0.2, 0) is 14.3 Å². The first-order valence-electron chi connectivity index (χ1n) is 5.10. The topological polar surface area (TPSA) is 63.6 Å². The predicted molar refractivity (Wildman–Crippen MR) is 56.4 cm³/mol. The number of ketones is 1. The Labute approximate surface area is 92.9 Å². The standard InChI is InChI=1S/C12H12O4/c1-7-4-10-8(6-16-7)5-11(13)9(10)2-3-12(14)15/h4,6H,2-3,5H2,1H3,(H,14,15). The molecule has 0 bridgehead atoms. The van der Waals surface area contributed by atoms with E-state index in [0.29, 0.717) is 18.4 Å². The molecule has 16 heavy (non-hydrogen) atoms. The van der Waals surface area contributed by atoms with E-state index in [4.69, 9.17) is 9.84 Å². The zero-order chi connectivity index (χ0) is 11.7. The summed E-state index contributed by atoms with van der Waals surface area (Å²) in [5.74, 6) is -0.149. The van der Waals surface area contributed by atoms with Gasteiger partial charge in [-0.1, -0.05) is 0 Å². The zero-order valence-corrected chi connectivity index (χ0v) is 8.95. The number of carbonyl (C=O) groups excluding carboxylic acids is 1. The van der Waals surface area contributed by atoms with E-state index in [9.17, 15) is 9.59 Å². The molecule has 0 amide bonds. The van der Waals surface area contributed by atoms with Crippen LogP contribution in [0.2, 0.25) is 0 Å². The second-order valence-electron chi connectivity index (χ2n) is 3.90. The van der Waals surface area contributed by atoms with Crippen LogP contribution in [0.5, 0.6) is 0 Å². The lowest BCUT2D eigenvalue weighted by Crippen LogP contribution is -2.01. The molecule has 0 atom stereocenters. The zero-order valence-electron chi connectivity index (χ0n) is 8.95. The summed E-state index contributed by atoms with van der Waals surface area (Å²) in [6.07, 6.45) is 4.00. The molecule has 4 nitrogen and oxygen atoms in total. The van der Waals surface area contributed by atoms with Crippen LogP contribution >= 0.6 is 0 Å². The highest BCUT2D eigenvalue weighted by atomic mass is 16.5. The Balaban J connectivity index is 2.28. The third-order valence-corrected chi connectivity index (χ3v) is 2.68. The molecule has 1 heterocycles. The molecule has 2 aliphatic rings. The molecule has 4 heteroatoms. The first-order valence-corrected chi connectivity index (χ1v) is 5.10. The maximum atomic E-state index is 11.7. The number of carboxylic acid groups (broad SMARTS) is 1. The molecule has 1 N–H and O–H groups in total. The molecule has 0 fully saturated rings. The van der Waals surface area contributed by atoms with Crippen LogP contribution in [-0.4, -0.2) is 16.9 Å². The molecule has 0 aromatic heterocycles. The van der Waals surface area contributed by atoms with Gasteiger partial charge in [-0.25, -0.2) is 0 Å². The fourth-order valence-electron chi connectivity index (χ4n) is 1.91. The van der Waals surface area contributed by atoms with E-state index >= 15 is 0 Å². The van der Waals surface area contributed by atoms with Crippen LogP contribution < -0.4 is 0 Å². The number of ether oxygens (including phenoxy) is 1. The largest absolute Gasteiger partial charge is 0.481 e. The fourth-order valence-corrected chi connectivity index (χ4v) is 1.91. The van der Waals surface area contributed by atoms with Crippen LogP contribution in [0.25, 0.3) is 0 Å². The van der Waals surface area contributed by atoms with Gasteiger partial charge in [0.15, 0.2) is 5.78 Å². The van der Waals surface area contributed by atoms with Gasteiger partial charge in [0.25, 0.3) is 0 Å². The molecule has 0 aromatic carbocycles. The maximum Gasteiger partial charge on any atom is 0.303 e. The Bertz CT molecular complexity index is 452. The van der Waals surface area contributed by atoms with E-state index in [1.54, 1.807) is 19.3 Å². The summed E-state index contributed by atoms with van der Waals surface area (Å²) in [6, 6.07) is 0. The SMILES string of the molecule is CC1=CC2=C(CCC(=O)O)C(=O)CC2=CO1. The molecular formula is C12H12O4. The van der Waals surface area contributed by atoms with Gasteiger partial charge in [-0.3, -0.25) is 9.59 Å². The lowest BCUT2D eigenvalue weighted by molar-refractivity contribution is -0.136. The number of fused-ring (bicyclic) bond motifs is 1. The minimum atomic E-state index is -0.883. The molecular weight excluding hydrogens is 208 g/mol. The van der Waals surface area contributed by atoms with Crippen molar-refractivity contribution in [3.05, 3.63) is 34.8 Å². The lowest BCUT2D eigenvalue weighted by Gasteiger charge is -2.10. The summed E-state index contributed by atoms with van der Waals surface area (Å²) in [5.41, 5.74) is 2.34. The van der Waals surface area contributed by atoms with E-state index in [1.807, 2.05) is 0 Å². The summed E-state index contributed by atoms with van der Waals surface area (Å²) in [4.78, 5) is 22.2. The van der Waals surface area contributed by atoms with Crippen molar-refractivity contribution < 1.29 is 19.4 Å². The van der Waals surface area contributed by atoms with Gasteiger partial charge in [0.2, 0.25) is 0 Å². The summed E-state index contributed by atoms with van der Waals surface area (Å²) >= 11 is 0. The van der Waals surface area contributed by atoms with Crippen LogP contribution in [0.3, 0.4) is 0 Å². The molecule has 0 radical (unpaired) electrons. The van der Waals surface area contributed by atoms with Gasteiger partial charge in [-0.15, -0.1) is 0 Å². The van der Waals surface area contributed by atoms with Gasteiger partial charge in [-0.05, 0) is 25.0 Å². The lowest BCUT2D eigenvalue weighted by atomic mass is 10.0. The molecule has 2 rings (SSSR count). The molecule has 84 valence electrons. The number of hydrogen-bond donors (Lipinski definition) is 1. The van der Waals surface area contributed by atoms with Crippen LogP contribution in [0.1, 0.15) is 26.2 Å². The fraction of sp³-hybridized carbons (Fsp3) is 0.333. The summed E-state index contributed by atoms with van der Waals surface area (Å²) < 4.78 is 5.21. The number of carboxylic acids is 1. The Morgan fingerprint density at radius 2 is 2.31 bits per heavy atom. The molecule has 0 spiro atoms. The highest BCUT2D eigenvalue weighted by Crippen LogP contribution is 2.35. The van der Waals surface area contributed by atoms with E-state index in [0.717, 1.165) is 16.9 Å². The molecule has 1 aliphatic heterocycles. The molecule has 1 aliphatic carbocycles. The monoisotopic (exact) mass is 220 g/mol. The molecule has 0 saturated heterocycles. The van der Waals surface area contributed by atoms with Crippen molar-refractivity contribution in [2.75, 3.05) is 0 Å². The second kappa shape index (κ2) is 3.96. The Hall–Kier alpha value is -1.84. The minimum Gasteiger partial charge on any atom is -0.481 e. The summed E-state index contributed by atoms with van der Waals surface area (Å²) in [6.45, 7) is 1.80. The normalized spacial score (nSPS) is 18.9. The maximum absolute atomic E-state index is 11.7. The first-order chi connectivity index (χ1) is 7.58. The molecule has 0 unspecified atom stereocenters. The Morgan fingerprint density at radius 3 is 3.00 bits per heavy atom. The van der Waals surface area contributed by atoms with E-state index in [-0.39, 0.29) is 12.2 Å². The minimum absolute atomic E-state index is 0.00834. The average Bonchev–Trinajstić information content (AvgIpc) is 2.51. The number of Topliss-reactive ketones (excluding diaryl/α,β-unsaturated/α-hetero) is 1. The van der Waals surface area contributed by atoms with Crippen LogP contribution in [0, 0.1) is 0 Å². The second-order valence-corrected chi connectivity index (χ2v) is 3.90. The molecule has 0 saturated carbocycles. The number of allylic oxidation sites excluding steroid dienone is 5. The number of aliphatic carboxylic acids is 1. The van der Waals surface area contributed by atoms with Crippen LogP contribution in [0.4, 0.5) is 0 Å². The highest BCUT2D eigenvalue weighted by Gasteiger charge is 2.28. The Kier molecular flexibility index (Phi) is 2.64. The summed E-state index contributed by atoms with van der Waals surface area (Å²) in [5, 5.41) is 8.62. The van der Waals surface area contributed by atoms with Crippen LogP contribution in [0.15, 0.2) is 34.8 Å². The van der Waals surface area contributed by atoms with Crippen molar-refractivity contribution in [3.8, 4) is 0 Å². The van der Waals surface area contributed by atoms with E-state index in [2.05, 4.69) is 0 Å². The van der Waals surface area contributed by atoms with Gasteiger partial charge in [0.1, 0.15) is 5.76 Å². The van der Waals surface area contributed by atoms with Gasteiger partial charge in [0.05, 0.1) is 6.26 Å². The first kappa shape index (κ1) is 10.7. The van der Waals surface area contributed by atoms with Crippen molar-refractivity contribution in [2.45, 2.75) is 26.2 Å². The quantitative estimate of drug-likeness (QED) is 0.789. The van der Waals surface area contributed by atoms with Crippen molar-refractivity contribution in [3.63, 3.8) is 0 Å². The van der Waals surface area contributed by atoms with Crippen molar-refractivity contribution in [2.24, 2.45) is 0 Å². The third kappa shape index (κ3) is 1.91. The summed E-state index contributed by atoms with van der Waals surface area (Å²) in [7, 11) is 0. The smallest absolute Gasteiger partial charge is 0.303 e. The van der Waals surface area contributed by atoms with Crippen molar-refractivity contribution in [1.82, 2.24) is 0 Å². The number of rotatable bonds is 3. The Morgan fingerprint density at radius 1 is 1.56 bits per heavy atom. The van der Waals surface area contributed by atoms with Crippen molar-refractivity contribution >= 4 is 11.8 Å². The van der Waals surface area contributed by atoms with Crippen molar-refractivity contribution in [1.29, 1.82) is 0 Å². The van der Waals surface area contributed by atoms with Gasteiger partial charge >= 0.3 is 5.97 Å². The number of carbonyl (C=O) groups is 2. The van der Waals surface area contributed by atoms with Gasteiger partial charge < -0.3 is 9.84 Å². The predicted octanol–water partition coefficient (Wildman–Crippen LogP) is 1.94. The third-order valence-electron chi connectivity index (χ3n) is 2.68. The van der Waals surface area contributed by atoms with E-state index < -0.39 is 5.97 Å². The number of hydrogen-bond acceptors (Lipinski definition) is 3. The average molecular weight is 220 g/mol. The van der Waals surface area contributed by atoms with E-state index in [1.165, 1.54) is 0 Å². The highest BCUT2D eigenvalue weighted by molar-refractivity contribution is 6.03.